The summed E-state index contributed by atoms with van der Waals surface area (Å²) in [6.45, 7) is 2.21. The number of anilines is 1. The van der Waals surface area contributed by atoms with E-state index in [2.05, 4.69) is 33.0 Å². The van der Waals surface area contributed by atoms with E-state index in [9.17, 15) is 0 Å². The van der Waals surface area contributed by atoms with Crippen LogP contribution in [-0.4, -0.2) is 18.4 Å². The maximum absolute atomic E-state index is 6.00. The summed E-state index contributed by atoms with van der Waals surface area (Å²) in [4.78, 5) is 2.40. The lowest BCUT2D eigenvalue weighted by molar-refractivity contribution is 0.711. The van der Waals surface area contributed by atoms with Gasteiger partial charge in [-0.15, -0.1) is 0 Å². The predicted octanol–water partition coefficient (Wildman–Crippen LogP) is 3.49. The SMILES string of the molecule is Clc1ccc2c(c1)N(CCBr)CCC2. The molecule has 1 aromatic carbocycles. The molecule has 14 heavy (non-hydrogen) atoms. The van der Waals surface area contributed by atoms with Crippen LogP contribution in [0.2, 0.25) is 5.02 Å². The lowest BCUT2D eigenvalue weighted by Gasteiger charge is -2.30. The van der Waals surface area contributed by atoms with Crippen molar-refractivity contribution in [2.75, 3.05) is 23.3 Å². The summed E-state index contributed by atoms with van der Waals surface area (Å²) in [5, 5.41) is 1.85. The van der Waals surface area contributed by atoms with Crippen LogP contribution >= 0.6 is 27.5 Å². The Morgan fingerprint density at radius 3 is 3.07 bits per heavy atom. The second-order valence-corrected chi connectivity index (χ2v) is 4.78. The highest BCUT2D eigenvalue weighted by atomic mass is 79.9. The Morgan fingerprint density at radius 1 is 1.43 bits per heavy atom. The number of fused-ring (bicyclic) bond motifs is 1. The number of rotatable bonds is 2. The normalized spacial score (nSPS) is 15.4. The first-order valence-electron chi connectivity index (χ1n) is 4.90. The van der Waals surface area contributed by atoms with Gasteiger partial charge >= 0.3 is 0 Å². The highest BCUT2D eigenvalue weighted by Crippen LogP contribution is 2.29. The van der Waals surface area contributed by atoms with Crippen LogP contribution in [0.1, 0.15) is 12.0 Å². The summed E-state index contributed by atoms with van der Waals surface area (Å²) >= 11 is 9.48. The Hall–Kier alpha value is -0.210. The fourth-order valence-electron chi connectivity index (χ4n) is 1.96. The number of hydrogen-bond acceptors (Lipinski definition) is 1. The molecule has 0 N–H and O–H groups in total. The summed E-state index contributed by atoms with van der Waals surface area (Å²) in [7, 11) is 0. The van der Waals surface area contributed by atoms with Crippen molar-refractivity contribution in [1.29, 1.82) is 0 Å². The van der Waals surface area contributed by atoms with Gasteiger partial charge in [0.25, 0.3) is 0 Å². The Morgan fingerprint density at radius 2 is 2.29 bits per heavy atom. The third-order valence-corrected chi connectivity index (χ3v) is 3.21. The maximum Gasteiger partial charge on any atom is 0.0426 e. The van der Waals surface area contributed by atoms with Gasteiger partial charge < -0.3 is 4.90 Å². The lowest BCUT2D eigenvalue weighted by atomic mass is 10.0. The van der Waals surface area contributed by atoms with E-state index in [0.29, 0.717) is 0 Å². The monoisotopic (exact) mass is 273 g/mol. The molecule has 0 fully saturated rings. The van der Waals surface area contributed by atoms with Gasteiger partial charge in [0.05, 0.1) is 0 Å². The molecule has 3 heteroatoms. The predicted molar refractivity (Wildman–Crippen MR) is 65.8 cm³/mol. The van der Waals surface area contributed by atoms with E-state index in [0.717, 1.165) is 23.4 Å². The third kappa shape index (κ3) is 2.06. The molecule has 1 aliphatic rings. The number of nitrogens with zero attached hydrogens (tertiary/aromatic N) is 1. The van der Waals surface area contributed by atoms with Crippen molar-refractivity contribution in [2.24, 2.45) is 0 Å². The van der Waals surface area contributed by atoms with Crippen LogP contribution in [0.4, 0.5) is 5.69 Å². The minimum absolute atomic E-state index is 0.838. The Balaban J connectivity index is 2.32. The fraction of sp³-hybridized carbons (Fsp3) is 0.455. The molecule has 0 amide bonds. The van der Waals surface area contributed by atoms with E-state index in [1.54, 1.807) is 0 Å². The summed E-state index contributed by atoms with van der Waals surface area (Å²) < 4.78 is 0. The first kappa shape index (κ1) is 10.3. The van der Waals surface area contributed by atoms with Crippen molar-refractivity contribution >= 4 is 33.2 Å². The average Bonchev–Trinajstić information content (AvgIpc) is 2.19. The fourth-order valence-corrected chi connectivity index (χ4v) is 2.55. The Kier molecular flexibility index (Phi) is 3.34. The van der Waals surface area contributed by atoms with Crippen LogP contribution in [0.5, 0.6) is 0 Å². The molecular formula is C11H13BrClN. The molecule has 0 bridgehead atoms. The van der Waals surface area contributed by atoms with E-state index in [1.165, 1.54) is 24.1 Å². The van der Waals surface area contributed by atoms with Crippen molar-refractivity contribution in [3.63, 3.8) is 0 Å². The number of alkyl halides is 1. The van der Waals surface area contributed by atoms with Crippen molar-refractivity contribution in [2.45, 2.75) is 12.8 Å². The lowest BCUT2D eigenvalue weighted by Crippen LogP contribution is -2.30. The highest BCUT2D eigenvalue weighted by Gasteiger charge is 2.15. The second kappa shape index (κ2) is 4.54. The molecule has 0 saturated heterocycles. The largest absolute Gasteiger partial charge is 0.370 e. The van der Waals surface area contributed by atoms with Crippen molar-refractivity contribution in [3.05, 3.63) is 28.8 Å². The topological polar surface area (TPSA) is 3.24 Å². The molecule has 1 heterocycles. The van der Waals surface area contributed by atoms with Gasteiger partial charge in [0.15, 0.2) is 0 Å². The van der Waals surface area contributed by atoms with E-state index < -0.39 is 0 Å². The standard InChI is InChI=1S/C11H13BrClN/c12-5-7-14-6-1-2-9-3-4-10(13)8-11(9)14/h3-4,8H,1-2,5-7H2. The van der Waals surface area contributed by atoms with Crippen LogP contribution in [-0.2, 0) is 6.42 Å². The van der Waals surface area contributed by atoms with Crippen LogP contribution in [0.15, 0.2) is 18.2 Å². The molecule has 2 rings (SSSR count). The zero-order valence-electron chi connectivity index (χ0n) is 7.97. The molecule has 0 atom stereocenters. The zero-order valence-corrected chi connectivity index (χ0v) is 10.3. The summed E-state index contributed by atoms with van der Waals surface area (Å²) in [6, 6.07) is 6.22. The summed E-state index contributed by atoms with van der Waals surface area (Å²) in [5.41, 5.74) is 2.75. The van der Waals surface area contributed by atoms with Crippen LogP contribution in [0.3, 0.4) is 0 Å². The molecule has 76 valence electrons. The molecule has 0 aromatic heterocycles. The molecule has 0 unspecified atom stereocenters. The summed E-state index contributed by atoms with van der Waals surface area (Å²) in [5.74, 6) is 0. The van der Waals surface area contributed by atoms with E-state index in [-0.39, 0.29) is 0 Å². The summed E-state index contributed by atoms with van der Waals surface area (Å²) in [6.07, 6.45) is 2.44. The van der Waals surface area contributed by atoms with Gasteiger partial charge in [0, 0.05) is 29.1 Å². The number of benzene rings is 1. The molecule has 0 radical (unpaired) electrons. The number of halogens is 2. The number of hydrogen-bond donors (Lipinski definition) is 0. The third-order valence-electron chi connectivity index (χ3n) is 2.62. The molecule has 1 nitrogen and oxygen atoms in total. The van der Waals surface area contributed by atoms with Gasteiger partial charge in [0.1, 0.15) is 0 Å². The molecular weight excluding hydrogens is 261 g/mol. The van der Waals surface area contributed by atoms with Crippen LogP contribution in [0.25, 0.3) is 0 Å². The average molecular weight is 275 g/mol. The van der Waals surface area contributed by atoms with Crippen LogP contribution in [0, 0.1) is 0 Å². The first-order valence-corrected chi connectivity index (χ1v) is 6.40. The highest BCUT2D eigenvalue weighted by molar-refractivity contribution is 9.09. The van der Waals surface area contributed by atoms with E-state index in [4.69, 9.17) is 11.6 Å². The van der Waals surface area contributed by atoms with Crippen molar-refractivity contribution in [3.8, 4) is 0 Å². The van der Waals surface area contributed by atoms with E-state index >= 15 is 0 Å². The minimum Gasteiger partial charge on any atom is -0.370 e. The zero-order chi connectivity index (χ0) is 9.97. The molecule has 0 saturated carbocycles. The van der Waals surface area contributed by atoms with Gasteiger partial charge in [-0.25, -0.2) is 0 Å². The first-order chi connectivity index (χ1) is 6.81. The Bertz CT molecular complexity index is 327. The quantitative estimate of drug-likeness (QED) is 0.746. The van der Waals surface area contributed by atoms with Gasteiger partial charge in [-0.3, -0.25) is 0 Å². The molecule has 1 aliphatic heterocycles. The molecule has 1 aromatic rings. The molecule has 0 aliphatic carbocycles. The van der Waals surface area contributed by atoms with Gasteiger partial charge in [-0.05, 0) is 30.5 Å². The van der Waals surface area contributed by atoms with Gasteiger partial charge in [0.2, 0.25) is 0 Å². The maximum atomic E-state index is 6.00. The Labute approximate surface area is 98.2 Å². The van der Waals surface area contributed by atoms with Gasteiger partial charge in [-0.2, -0.15) is 0 Å². The van der Waals surface area contributed by atoms with Crippen LogP contribution < -0.4 is 4.90 Å². The second-order valence-electron chi connectivity index (χ2n) is 3.55. The number of aryl methyl sites for hydroxylation is 1. The van der Waals surface area contributed by atoms with E-state index in [1.807, 2.05) is 6.07 Å². The molecule has 0 spiro atoms. The minimum atomic E-state index is 0.838. The smallest absolute Gasteiger partial charge is 0.0426 e. The van der Waals surface area contributed by atoms with Gasteiger partial charge in [-0.1, -0.05) is 33.6 Å². The van der Waals surface area contributed by atoms with Crippen molar-refractivity contribution in [1.82, 2.24) is 0 Å². The van der Waals surface area contributed by atoms with Crippen molar-refractivity contribution < 1.29 is 0 Å².